The summed E-state index contributed by atoms with van der Waals surface area (Å²) in [4.78, 5) is 2.21. The molecule has 0 unspecified atom stereocenters. The normalized spacial score (nSPS) is 17.2. The zero-order valence-corrected chi connectivity index (χ0v) is 15.0. The number of benzene rings is 2. The molecule has 1 aliphatic heterocycles. The molecule has 1 heterocycles. The van der Waals surface area contributed by atoms with Gasteiger partial charge in [-0.1, -0.05) is 85.5 Å². The standard InChI is InChI=1S/C25H23N/c1-3-4-6-16-23-20-21(2)13-11-12-19-26(23)25-18-10-9-17-24(25)22-14-7-5-8-15-22/h3-20H,2H2,1H3/b4-3-,13-11-,16-6-,19-12-,23-20?. The topological polar surface area (TPSA) is 3.24 Å². The first-order valence-electron chi connectivity index (χ1n) is 8.78. The molecule has 0 amide bonds. The van der Waals surface area contributed by atoms with Crippen LogP contribution in [-0.2, 0) is 0 Å². The molecule has 0 atom stereocenters. The van der Waals surface area contributed by atoms with Gasteiger partial charge in [0.1, 0.15) is 0 Å². The molecule has 0 radical (unpaired) electrons. The molecular weight excluding hydrogens is 314 g/mol. The number of hydrogen-bond donors (Lipinski definition) is 0. The monoisotopic (exact) mass is 337 g/mol. The van der Waals surface area contributed by atoms with Crippen LogP contribution in [0.5, 0.6) is 0 Å². The van der Waals surface area contributed by atoms with Crippen molar-refractivity contribution in [2.45, 2.75) is 6.92 Å². The van der Waals surface area contributed by atoms with Crippen molar-refractivity contribution in [1.82, 2.24) is 0 Å². The Morgan fingerprint density at radius 2 is 1.65 bits per heavy atom. The van der Waals surface area contributed by atoms with Crippen LogP contribution in [0.2, 0.25) is 0 Å². The average Bonchev–Trinajstić information content (AvgIpc) is 2.67. The molecule has 3 rings (SSSR count). The molecule has 0 saturated carbocycles. The Labute approximate surface area is 156 Å². The lowest BCUT2D eigenvalue weighted by molar-refractivity contribution is 1.20. The minimum atomic E-state index is 0.969. The van der Waals surface area contributed by atoms with E-state index in [2.05, 4.69) is 84.4 Å². The van der Waals surface area contributed by atoms with Crippen LogP contribution >= 0.6 is 0 Å². The summed E-state index contributed by atoms with van der Waals surface area (Å²) in [5, 5.41) is 0. The number of anilines is 1. The van der Waals surface area contributed by atoms with Gasteiger partial charge in [-0.3, -0.25) is 0 Å². The van der Waals surface area contributed by atoms with E-state index in [1.54, 1.807) is 0 Å². The molecule has 0 bridgehead atoms. The molecule has 0 spiro atoms. The molecule has 1 nitrogen and oxygen atoms in total. The van der Waals surface area contributed by atoms with E-state index in [0.717, 1.165) is 17.0 Å². The molecule has 0 aliphatic carbocycles. The third-order valence-corrected chi connectivity index (χ3v) is 4.09. The van der Waals surface area contributed by atoms with Crippen molar-refractivity contribution < 1.29 is 0 Å². The first kappa shape index (κ1) is 17.5. The Kier molecular flexibility index (Phi) is 5.84. The molecular formula is C25H23N. The highest BCUT2D eigenvalue weighted by molar-refractivity contribution is 5.81. The minimum Gasteiger partial charge on any atom is -0.317 e. The maximum atomic E-state index is 4.13. The highest BCUT2D eigenvalue weighted by Gasteiger charge is 2.13. The first-order valence-corrected chi connectivity index (χ1v) is 8.78. The molecule has 0 saturated heterocycles. The predicted octanol–water partition coefficient (Wildman–Crippen LogP) is 6.82. The van der Waals surface area contributed by atoms with E-state index in [4.69, 9.17) is 0 Å². The largest absolute Gasteiger partial charge is 0.317 e. The third kappa shape index (κ3) is 4.20. The van der Waals surface area contributed by atoms with Gasteiger partial charge in [0.2, 0.25) is 0 Å². The summed E-state index contributed by atoms with van der Waals surface area (Å²) < 4.78 is 0. The van der Waals surface area contributed by atoms with Crippen molar-refractivity contribution in [3.8, 4) is 11.1 Å². The molecule has 26 heavy (non-hydrogen) atoms. The van der Waals surface area contributed by atoms with Gasteiger partial charge in [-0.2, -0.15) is 0 Å². The summed E-state index contributed by atoms with van der Waals surface area (Å²) in [6.07, 6.45) is 18.5. The summed E-state index contributed by atoms with van der Waals surface area (Å²) >= 11 is 0. The summed E-state index contributed by atoms with van der Waals surface area (Å²) in [5.74, 6) is 0. The Hall–Kier alpha value is -3.32. The summed E-state index contributed by atoms with van der Waals surface area (Å²) in [7, 11) is 0. The van der Waals surface area contributed by atoms with E-state index in [1.807, 2.05) is 43.4 Å². The van der Waals surface area contributed by atoms with Gasteiger partial charge in [-0.15, -0.1) is 0 Å². The van der Waals surface area contributed by atoms with E-state index < -0.39 is 0 Å². The Morgan fingerprint density at radius 1 is 0.885 bits per heavy atom. The number of allylic oxidation sites excluding steroid dienone is 9. The van der Waals surface area contributed by atoms with Gasteiger partial charge < -0.3 is 4.90 Å². The second-order valence-corrected chi connectivity index (χ2v) is 5.98. The minimum absolute atomic E-state index is 0.969. The van der Waals surface area contributed by atoms with Crippen molar-refractivity contribution in [2.75, 3.05) is 4.90 Å². The van der Waals surface area contributed by atoms with Crippen LogP contribution < -0.4 is 4.90 Å². The van der Waals surface area contributed by atoms with Gasteiger partial charge in [0, 0.05) is 17.5 Å². The maximum Gasteiger partial charge on any atom is 0.0533 e. The quantitative estimate of drug-likeness (QED) is 0.553. The summed E-state index contributed by atoms with van der Waals surface area (Å²) in [6, 6.07) is 18.9. The lowest BCUT2D eigenvalue weighted by atomic mass is 10.0. The van der Waals surface area contributed by atoms with Gasteiger partial charge in [0.15, 0.2) is 0 Å². The second-order valence-electron chi connectivity index (χ2n) is 5.98. The number of hydrogen-bond acceptors (Lipinski definition) is 1. The van der Waals surface area contributed by atoms with Crippen LogP contribution in [0, 0.1) is 0 Å². The smallest absolute Gasteiger partial charge is 0.0533 e. The fraction of sp³-hybridized carbons (Fsp3) is 0.0400. The van der Waals surface area contributed by atoms with E-state index in [-0.39, 0.29) is 0 Å². The molecule has 0 fully saturated rings. The van der Waals surface area contributed by atoms with Gasteiger partial charge in [-0.05, 0) is 42.4 Å². The average molecular weight is 337 g/mol. The fourth-order valence-electron chi connectivity index (χ4n) is 2.87. The lowest BCUT2D eigenvalue weighted by Crippen LogP contribution is -2.15. The van der Waals surface area contributed by atoms with Crippen LogP contribution in [-0.4, -0.2) is 0 Å². The predicted molar refractivity (Wildman–Crippen MR) is 114 cm³/mol. The van der Waals surface area contributed by atoms with Gasteiger partial charge in [0.05, 0.1) is 5.69 Å². The maximum absolute atomic E-state index is 4.13. The van der Waals surface area contributed by atoms with Crippen LogP contribution in [0.4, 0.5) is 5.69 Å². The number of nitrogens with zero attached hydrogens (tertiary/aromatic N) is 1. The van der Waals surface area contributed by atoms with E-state index in [1.165, 1.54) is 11.1 Å². The fourth-order valence-corrected chi connectivity index (χ4v) is 2.87. The summed E-state index contributed by atoms with van der Waals surface area (Å²) in [5.41, 5.74) is 5.56. The van der Waals surface area contributed by atoms with Gasteiger partial charge in [0.25, 0.3) is 0 Å². The number of para-hydroxylation sites is 1. The van der Waals surface area contributed by atoms with Crippen molar-refractivity contribution in [1.29, 1.82) is 0 Å². The molecule has 128 valence electrons. The van der Waals surface area contributed by atoms with Crippen molar-refractivity contribution in [3.63, 3.8) is 0 Å². The summed E-state index contributed by atoms with van der Waals surface area (Å²) in [6.45, 7) is 6.14. The highest BCUT2D eigenvalue weighted by Crippen LogP contribution is 2.34. The molecule has 1 aliphatic rings. The van der Waals surface area contributed by atoms with Gasteiger partial charge >= 0.3 is 0 Å². The van der Waals surface area contributed by atoms with Crippen molar-refractivity contribution in [2.24, 2.45) is 0 Å². The Morgan fingerprint density at radius 3 is 2.46 bits per heavy atom. The van der Waals surface area contributed by atoms with Gasteiger partial charge in [-0.25, -0.2) is 0 Å². The van der Waals surface area contributed by atoms with E-state index in [0.29, 0.717) is 0 Å². The van der Waals surface area contributed by atoms with Crippen LogP contribution in [0.25, 0.3) is 11.1 Å². The van der Waals surface area contributed by atoms with Crippen molar-refractivity contribution in [3.05, 3.63) is 127 Å². The lowest BCUT2D eigenvalue weighted by Gasteiger charge is -2.25. The van der Waals surface area contributed by atoms with Crippen LogP contribution in [0.1, 0.15) is 6.92 Å². The molecule has 2 aromatic carbocycles. The zero-order valence-electron chi connectivity index (χ0n) is 15.0. The number of rotatable bonds is 4. The molecule has 0 N–H and O–H groups in total. The van der Waals surface area contributed by atoms with Crippen LogP contribution in [0.3, 0.4) is 0 Å². The zero-order chi connectivity index (χ0) is 18.2. The molecule has 0 aromatic heterocycles. The Bertz CT molecular complexity index is 908. The third-order valence-electron chi connectivity index (χ3n) is 4.09. The SMILES string of the molecule is C=C1C=C(/C=C\C=C/C)N(c2ccccc2-c2ccccc2)/C=C\C=C/1. The Balaban J connectivity index is 2.13. The van der Waals surface area contributed by atoms with E-state index in [9.17, 15) is 0 Å². The van der Waals surface area contributed by atoms with E-state index >= 15 is 0 Å². The molecule has 2 aromatic rings. The van der Waals surface area contributed by atoms with Crippen LogP contribution in [0.15, 0.2) is 127 Å². The van der Waals surface area contributed by atoms with Crippen molar-refractivity contribution >= 4 is 5.69 Å². The first-order chi connectivity index (χ1) is 12.8. The highest BCUT2D eigenvalue weighted by atomic mass is 15.1. The molecule has 1 heteroatoms. The second kappa shape index (κ2) is 8.68.